The Bertz CT molecular complexity index is 731. The van der Waals surface area contributed by atoms with Gasteiger partial charge in [-0.05, 0) is 59.4 Å². The number of aryl methyl sites for hydroxylation is 3. The molecule has 19 heavy (non-hydrogen) atoms. The summed E-state index contributed by atoms with van der Waals surface area (Å²) in [4.78, 5) is -0.0165. The Labute approximate surface area is 114 Å². The van der Waals surface area contributed by atoms with E-state index in [1.54, 1.807) is 12.1 Å². The summed E-state index contributed by atoms with van der Waals surface area (Å²) in [7, 11) is -4.16. The highest BCUT2D eigenvalue weighted by Crippen LogP contribution is 2.30. The van der Waals surface area contributed by atoms with Crippen LogP contribution in [-0.2, 0) is 23.0 Å². The lowest BCUT2D eigenvalue weighted by molar-refractivity contribution is 0.483. The van der Waals surface area contributed by atoms with Gasteiger partial charge in [-0.1, -0.05) is 26.0 Å². The summed E-state index contributed by atoms with van der Waals surface area (Å²) in [6.45, 7) is 6.05. The summed E-state index contributed by atoms with van der Waals surface area (Å²) >= 11 is 0. The molecule has 0 radical (unpaired) electrons. The molecule has 3 nitrogen and oxygen atoms in total. The number of benzene rings is 2. The number of rotatable bonds is 3. The van der Waals surface area contributed by atoms with Crippen molar-refractivity contribution in [2.75, 3.05) is 0 Å². The van der Waals surface area contributed by atoms with Gasteiger partial charge in [-0.15, -0.1) is 0 Å². The van der Waals surface area contributed by atoms with E-state index >= 15 is 0 Å². The van der Waals surface area contributed by atoms with Crippen LogP contribution < -0.4 is 0 Å². The molecule has 0 aliphatic rings. The van der Waals surface area contributed by atoms with Gasteiger partial charge < -0.3 is 0 Å². The fourth-order valence-electron chi connectivity index (χ4n) is 2.53. The molecule has 0 unspecified atom stereocenters. The third kappa shape index (κ3) is 2.51. The van der Waals surface area contributed by atoms with Crippen molar-refractivity contribution in [3.05, 3.63) is 41.0 Å². The van der Waals surface area contributed by atoms with Crippen molar-refractivity contribution in [2.45, 2.75) is 38.5 Å². The maximum Gasteiger partial charge on any atom is 0.294 e. The minimum Gasteiger partial charge on any atom is -0.282 e. The van der Waals surface area contributed by atoms with Crippen molar-refractivity contribution in [3.8, 4) is 0 Å². The minimum absolute atomic E-state index is 0.0165. The number of fused-ring (bicyclic) bond motifs is 1. The maximum atomic E-state index is 11.4. The summed E-state index contributed by atoms with van der Waals surface area (Å²) < 4.78 is 32.0. The summed E-state index contributed by atoms with van der Waals surface area (Å²) in [5.41, 5.74) is 3.18. The van der Waals surface area contributed by atoms with E-state index in [-0.39, 0.29) is 4.90 Å². The lowest BCUT2D eigenvalue weighted by Gasteiger charge is -2.13. The van der Waals surface area contributed by atoms with Gasteiger partial charge in [0.05, 0.1) is 4.90 Å². The Kier molecular flexibility index (Phi) is 3.65. The first kappa shape index (κ1) is 14.0. The van der Waals surface area contributed by atoms with E-state index in [1.807, 2.05) is 26.8 Å². The fraction of sp³-hybridized carbons (Fsp3) is 0.333. The molecule has 0 heterocycles. The van der Waals surface area contributed by atoms with E-state index in [4.69, 9.17) is 0 Å². The molecular weight excluding hydrogens is 260 g/mol. The lowest BCUT2D eigenvalue weighted by atomic mass is 9.94. The van der Waals surface area contributed by atoms with Gasteiger partial charge >= 0.3 is 0 Å². The van der Waals surface area contributed by atoms with Crippen LogP contribution in [-0.4, -0.2) is 13.0 Å². The van der Waals surface area contributed by atoms with Gasteiger partial charge in [0.25, 0.3) is 10.1 Å². The Morgan fingerprint density at radius 2 is 1.68 bits per heavy atom. The Morgan fingerprint density at radius 3 is 2.21 bits per heavy atom. The number of hydrogen-bond acceptors (Lipinski definition) is 2. The van der Waals surface area contributed by atoms with Gasteiger partial charge in [-0.2, -0.15) is 8.42 Å². The van der Waals surface area contributed by atoms with Crippen molar-refractivity contribution in [2.24, 2.45) is 0 Å². The maximum absolute atomic E-state index is 11.4. The van der Waals surface area contributed by atoms with Crippen LogP contribution in [0.1, 0.15) is 30.5 Å². The zero-order chi connectivity index (χ0) is 14.2. The molecule has 2 aromatic carbocycles. The zero-order valence-electron chi connectivity index (χ0n) is 11.4. The van der Waals surface area contributed by atoms with Gasteiger partial charge in [0, 0.05) is 0 Å². The molecule has 2 rings (SSSR count). The van der Waals surface area contributed by atoms with E-state index < -0.39 is 10.1 Å². The highest BCUT2D eigenvalue weighted by molar-refractivity contribution is 7.85. The monoisotopic (exact) mass is 278 g/mol. The molecule has 1 N–H and O–H groups in total. The third-order valence-electron chi connectivity index (χ3n) is 3.53. The normalized spacial score (nSPS) is 12.0. The smallest absolute Gasteiger partial charge is 0.282 e. The molecule has 102 valence electrons. The first-order valence-corrected chi connectivity index (χ1v) is 7.85. The number of hydrogen-bond donors (Lipinski definition) is 1. The van der Waals surface area contributed by atoms with Crippen LogP contribution in [0.5, 0.6) is 0 Å². The molecule has 4 heteroatoms. The Hall–Kier alpha value is -1.39. The Balaban J connectivity index is 2.96. The lowest BCUT2D eigenvalue weighted by Crippen LogP contribution is -2.01. The van der Waals surface area contributed by atoms with Gasteiger partial charge in [-0.25, -0.2) is 0 Å². The van der Waals surface area contributed by atoms with Gasteiger partial charge in [0.1, 0.15) is 0 Å². The first-order chi connectivity index (χ1) is 8.88. The van der Waals surface area contributed by atoms with Crippen LogP contribution in [0, 0.1) is 6.92 Å². The third-order valence-corrected chi connectivity index (χ3v) is 4.36. The van der Waals surface area contributed by atoms with Gasteiger partial charge in [0.2, 0.25) is 0 Å². The topological polar surface area (TPSA) is 54.4 Å². The van der Waals surface area contributed by atoms with Crippen molar-refractivity contribution in [1.29, 1.82) is 0 Å². The summed E-state index contributed by atoms with van der Waals surface area (Å²) in [5, 5.41) is 2.03. The molecule has 0 spiro atoms. The highest BCUT2D eigenvalue weighted by Gasteiger charge is 2.15. The molecule has 0 amide bonds. The predicted octanol–water partition coefficient (Wildman–Crippen LogP) is 3.52. The van der Waals surface area contributed by atoms with E-state index in [2.05, 4.69) is 6.07 Å². The SMILES string of the molecule is CCc1ccc(C)c2c(CC)cc(S(=O)(=O)O)cc12. The molecule has 0 bridgehead atoms. The van der Waals surface area contributed by atoms with Crippen LogP contribution >= 0.6 is 0 Å². The second kappa shape index (κ2) is 4.94. The minimum atomic E-state index is -4.16. The molecule has 2 aromatic rings. The van der Waals surface area contributed by atoms with Gasteiger partial charge in [0.15, 0.2) is 0 Å². The van der Waals surface area contributed by atoms with Gasteiger partial charge in [-0.3, -0.25) is 4.55 Å². The first-order valence-electron chi connectivity index (χ1n) is 6.41. The second-order valence-electron chi connectivity index (χ2n) is 4.73. The van der Waals surface area contributed by atoms with Crippen LogP contribution in [0.25, 0.3) is 10.8 Å². The average Bonchev–Trinajstić information content (AvgIpc) is 2.37. The van der Waals surface area contributed by atoms with Crippen molar-refractivity contribution in [1.82, 2.24) is 0 Å². The largest absolute Gasteiger partial charge is 0.294 e. The van der Waals surface area contributed by atoms with Crippen LogP contribution in [0.15, 0.2) is 29.2 Å². The van der Waals surface area contributed by atoms with Crippen molar-refractivity contribution < 1.29 is 13.0 Å². The van der Waals surface area contributed by atoms with Crippen molar-refractivity contribution in [3.63, 3.8) is 0 Å². The molecule has 0 aromatic heterocycles. The molecular formula is C15H18O3S. The highest BCUT2D eigenvalue weighted by atomic mass is 32.2. The summed E-state index contributed by atoms with van der Waals surface area (Å²) in [6.07, 6.45) is 1.56. The standard InChI is InChI=1S/C15H18O3S/c1-4-11-7-6-10(3)15-12(5-2)8-13(9-14(11)15)19(16,17)18/h6-9H,4-5H2,1-3H3,(H,16,17,18). The summed E-state index contributed by atoms with van der Waals surface area (Å²) in [5.74, 6) is 0. The van der Waals surface area contributed by atoms with Crippen LogP contribution in [0.2, 0.25) is 0 Å². The predicted molar refractivity (Wildman–Crippen MR) is 77.3 cm³/mol. The van der Waals surface area contributed by atoms with E-state index in [9.17, 15) is 13.0 Å². The molecule has 0 aliphatic carbocycles. The molecule has 0 aliphatic heterocycles. The van der Waals surface area contributed by atoms with E-state index in [0.717, 1.165) is 40.3 Å². The average molecular weight is 278 g/mol. The quantitative estimate of drug-likeness (QED) is 0.874. The van der Waals surface area contributed by atoms with E-state index in [0.29, 0.717) is 0 Å². The van der Waals surface area contributed by atoms with Crippen LogP contribution in [0.3, 0.4) is 0 Å². The Morgan fingerprint density at radius 1 is 1.05 bits per heavy atom. The molecule has 0 saturated heterocycles. The molecule has 0 atom stereocenters. The zero-order valence-corrected chi connectivity index (χ0v) is 12.2. The summed E-state index contributed by atoms with van der Waals surface area (Å²) in [6, 6.07) is 7.23. The second-order valence-corrected chi connectivity index (χ2v) is 6.15. The van der Waals surface area contributed by atoms with E-state index in [1.165, 1.54) is 0 Å². The fourth-order valence-corrected chi connectivity index (χ4v) is 3.08. The van der Waals surface area contributed by atoms with Crippen molar-refractivity contribution >= 4 is 20.9 Å². The molecule has 0 saturated carbocycles. The van der Waals surface area contributed by atoms with Crippen LogP contribution in [0.4, 0.5) is 0 Å². The molecule has 0 fully saturated rings.